The Morgan fingerprint density at radius 3 is 2.26 bits per heavy atom. The molecule has 0 saturated carbocycles. The van der Waals surface area contributed by atoms with Gasteiger partial charge in [0, 0.05) is 20.3 Å². The molecular weight excluding hydrogens is 582 g/mol. The molecule has 0 aliphatic rings. The summed E-state index contributed by atoms with van der Waals surface area (Å²) in [5.41, 5.74) is 1.12. The first-order chi connectivity index (χ1) is 16.1. The molecule has 174 valence electrons. The number of benzene rings is 2. The lowest BCUT2D eigenvalue weighted by Gasteiger charge is -2.07. The van der Waals surface area contributed by atoms with E-state index >= 15 is 0 Å². The average molecular weight is 597 g/mol. The third kappa shape index (κ3) is 4.69. The van der Waals surface area contributed by atoms with E-state index in [4.69, 9.17) is 11.6 Å². The van der Waals surface area contributed by atoms with Crippen LogP contribution in [0.2, 0.25) is 5.02 Å². The van der Waals surface area contributed by atoms with Crippen molar-refractivity contribution in [3.05, 3.63) is 84.8 Å². The Hall–Kier alpha value is -2.50. The molecule has 2 aromatic carbocycles. The summed E-state index contributed by atoms with van der Waals surface area (Å²) in [6.07, 6.45) is 0. The first-order valence-electron chi connectivity index (χ1n) is 9.60. The van der Waals surface area contributed by atoms with Crippen LogP contribution in [0.25, 0.3) is 10.4 Å². The molecule has 2 N–H and O–H groups in total. The van der Waals surface area contributed by atoms with Gasteiger partial charge in [0.05, 0.1) is 25.2 Å². The van der Waals surface area contributed by atoms with Crippen molar-refractivity contribution >= 4 is 77.6 Å². The average Bonchev–Trinajstić information content (AvgIpc) is 3.38. The van der Waals surface area contributed by atoms with Gasteiger partial charge in [0.2, 0.25) is 9.84 Å². The van der Waals surface area contributed by atoms with Crippen molar-refractivity contribution < 1.29 is 23.1 Å². The largest absolute Gasteiger partial charge is 0.478 e. The van der Waals surface area contributed by atoms with E-state index in [1.54, 1.807) is 36.6 Å². The van der Waals surface area contributed by atoms with Crippen LogP contribution in [0, 0.1) is 6.92 Å². The van der Waals surface area contributed by atoms with Crippen LogP contribution in [0.1, 0.15) is 25.6 Å². The van der Waals surface area contributed by atoms with Gasteiger partial charge in [-0.05, 0) is 54.4 Å². The van der Waals surface area contributed by atoms with Gasteiger partial charge in [-0.15, -0.1) is 22.7 Å². The summed E-state index contributed by atoms with van der Waals surface area (Å²) in [5, 5.41) is 15.8. The van der Waals surface area contributed by atoms with E-state index in [2.05, 4.69) is 21.2 Å². The van der Waals surface area contributed by atoms with Gasteiger partial charge in [-0.2, -0.15) is 0 Å². The van der Waals surface area contributed by atoms with E-state index in [1.807, 2.05) is 0 Å². The SMILES string of the molecule is Cc1c(S(=O)(=O)c2ccc(Cl)cc2)csc1C(=O)Nc1csc(-c2ccc(Br)cc2)c1C(=O)O. The Morgan fingerprint density at radius 2 is 1.65 bits per heavy atom. The van der Waals surface area contributed by atoms with Crippen molar-refractivity contribution in [3.63, 3.8) is 0 Å². The monoisotopic (exact) mass is 595 g/mol. The van der Waals surface area contributed by atoms with E-state index in [0.29, 0.717) is 15.5 Å². The number of carbonyl (C=O) groups is 2. The Labute approximate surface area is 216 Å². The minimum Gasteiger partial charge on any atom is -0.478 e. The predicted octanol–water partition coefficient (Wildman–Crippen LogP) is 6.98. The van der Waals surface area contributed by atoms with E-state index < -0.39 is 21.7 Å². The summed E-state index contributed by atoms with van der Waals surface area (Å²) >= 11 is 11.4. The second-order valence-corrected chi connectivity index (χ2v) is 12.2. The highest BCUT2D eigenvalue weighted by Gasteiger charge is 2.27. The topological polar surface area (TPSA) is 101 Å². The molecule has 0 unspecified atom stereocenters. The van der Waals surface area contributed by atoms with Gasteiger partial charge in [0.25, 0.3) is 5.91 Å². The van der Waals surface area contributed by atoms with E-state index in [-0.39, 0.29) is 31.5 Å². The smallest absolute Gasteiger partial charge is 0.339 e. The first kappa shape index (κ1) is 24.6. The van der Waals surface area contributed by atoms with Gasteiger partial charge in [-0.3, -0.25) is 4.79 Å². The Kier molecular flexibility index (Phi) is 6.97. The van der Waals surface area contributed by atoms with Crippen LogP contribution in [-0.4, -0.2) is 25.4 Å². The maximum absolute atomic E-state index is 13.0. The molecule has 34 heavy (non-hydrogen) atoms. The Bertz CT molecular complexity index is 1510. The minimum atomic E-state index is -3.85. The maximum Gasteiger partial charge on any atom is 0.339 e. The number of rotatable bonds is 6. The third-order valence-electron chi connectivity index (χ3n) is 4.97. The summed E-state index contributed by atoms with van der Waals surface area (Å²) < 4.78 is 26.9. The maximum atomic E-state index is 13.0. The molecule has 0 aliphatic heterocycles. The zero-order valence-electron chi connectivity index (χ0n) is 17.3. The number of carboxylic acids is 1. The van der Waals surface area contributed by atoms with Gasteiger partial charge in [-0.1, -0.05) is 39.7 Å². The van der Waals surface area contributed by atoms with Gasteiger partial charge in [-0.25, -0.2) is 13.2 Å². The van der Waals surface area contributed by atoms with Crippen molar-refractivity contribution in [2.75, 3.05) is 5.32 Å². The highest BCUT2D eigenvalue weighted by Crippen LogP contribution is 2.38. The van der Waals surface area contributed by atoms with Gasteiger partial charge in [0.1, 0.15) is 5.56 Å². The van der Waals surface area contributed by atoms with Crippen LogP contribution in [-0.2, 0) is 9.84 Å². The van der Waals surface area contributed by atoms with Gasteiger partial charge < -0.3 is 10.4 Å². The number of carboxylic acid groups (broad SMARTS) is 1. The fraction of sp³-hybridized carbons (Fsp3) is 0.0435. The van der Waals surface area contributed by atoms with Crippen molar-refractivity contribution in [1.29, 1.82) is 0 Å². The van der Waals surface area contributed by atoms with Gasteiger partial charge >= 0.3 is 5.97 Å². The highest BCUT2D eigenvalue weighted by atomic mass is 79.9. The van der Waals surface area contributed by atoms with Crippen LogP contribution in [0.3, 0.4) is 0 Å². The summed E-state index contributed by atoms with van der Waals surface area (Å²) in [5.74, 6) is -1.76. The van der Waals surface area contributed by atoms with Crippen molar-refractivity contribution in [2.45, 2.75) is 16.7 Å². The lowest BCUT2D eigenvalue weighted by molar-refractivity contribution is 0.0699. The minimum absolute atomic E-state index is 0.0179. The molecule has 0 bridgehead atoms. The fourth-order valence-electron chi connectivity index (χ4n) is 3.29. The number of sulfone groups is 1. The zero-order chi connectivity index (χ0) is 24.6. The molecule has 0 fully saturated rings. The summed E-state index contributed by atoms with van der Waals surface area (Å²) in [6.45, 7) is 1.55. The van der Waals surface area contributed by atoms with Crippen LogP contribution in [0.5, 0.6) is 0 Å². The first-order valence-corrected chi connectivity index (χ1v) is 14.0. The molecule has 4 aromatic rings. The molecule has 11 heteroatoms. The highest BCUT2D eigenvalue weighted by molar-refractivity contribution is 9.10. The van der Waals surface area contributed by atoms with E-state index in [1.165, 1.54) is 41.0 Å². The van der Waals surface area contributed by atoms with Crippen molar-refractivity contribution in [3.8, 4) is 10.4 Å². The number of hydrogen-bond donors (Lipinski definition) is 2. The molecule has 4 rings (SSSR count). The number of amides is 1. The molecule has 0 saturated heterocycles. The second-order valence-electron chi connectivity index (χ2n) is 7.13. The molecular formula is C23H15BrClNO5S3. The fourth-order valence-corrected chi connectivity index (χ4v) is 7.49. The summed E-state index contributed by atoms with van der Waals surface area (Å²) in [6, 6.07) is 12.9. The number of halogens is 2. The Balaban J connectivity index is 1.66. The molecule has 0 aliphatic carbocycles. The number of thiophene rings is 2. The molecule has 0 atom stereocenters. The van der Waals surface area contributed by atoms with Crippen molar-refractivity contribution in [2.24, 2.45) is 0 Å². The molecule has 0 spiro atoms. The zero-order valence-corrected chi connectivity index (χ0v) is 22.1. The number of carbonyl (C=O) groups excluding carboxylic acids is 1. The molecule has 2 aromatic heterocycles. The number of aromatic carboxylic acids is 1. The second kappa shape index (κ2) is 9.63. The Morgan fingerprint density at radius 1 is 1.00 bits per heavy atom. The standard InChI is InChI=1S/C23H15BrClNO5S3/c1-12-18(34(30,31)16-8-6-15(25)7-9-16)11-33-20(12)22(27)26-17-10-32-21(19(17)23(28)29)13-2-4-14(24)5-3-13/h2-11H,1H3,(H,26,27)(H,28,29). The van der Waals surface area contributed by atoms with E-state index in [0.717, 1.165) is 15.8 Å². The lowest BCUT2D eigenvalue weighted by Crippen LogP contribution is -2.14. The van der Waals surface area contributed by atoms with Gasteiger partial charge in [0.15, 0.2) is 0 Å². The number of hydrogen-bond acceptors (Lipinski definition) is 6. The van der Waals surface area contributed by atoms with Crippen molar-refractivity contribution in [1.82, 2.24) is 0 Å². The van der Waals surface area contributed by atoms with Crippen LogP contribution in [0.15, 0.2) is 73.6 Å². The molecule has 2 heterocycles. The number of anilines is 1. The summed E-state index contributed by atoms with van der Waals surface area (Å²) in [7, 11) is -3.85. The predicted molar refractivity (Wildman–Crippen MR) is 138 cm³/mol. The van der Waals surface area contributed by atoms with Crippen LogP contribution in [0.4, 0.5) is 5.69 Å². The number of nitrogens with one attached hydrogen (secondary N) is 1. The molecule has 0 radical (unpaired) electrons. The van der Waals surface area contributed by atoms with Crippen LogP contribution < -0.4 is 5.32 Å². The molecule has 1 amide bonds. The normalized spacial score (nSPS) is 11.4. The summed E-state index contributed by atoms with van der Waals surface area (Å²) in [4.78, 5) is 25.8. The third-order valence-corrected chi connectivity index (χ3v) is 9.91. The quantitative estimate of drug-likeness (QED) is 0.250. The molecule has 6 nitrogen and oxygen atoms in total. The van der Waals surface area contributed by atoms with E-state index in [9.17, 15) is 23.1 Å². The van der Waals surface area contributed by atoms with Crippen LogP contribution >= 0.6 is 50.2 Å². The lowest BCUT2D eigenvalue weighted by atomic mass is 10.1.